The van der Waals surface area contributed by atoms with Crippen LogP contribution in [0.3, 0.4) is 0 Å². The van der Waals surface area contributed by atoms with Crippen molar-refractivity contribution in [3.8, 4) is 11.1 Å². The van der Waals surface area contributed by atoms with Crippen LogP contribution in [0.25, 0.3) is 32.9 Å². The van der Waals surface area contributed by atoms with Gasteiger partial charge in [-0.1, -0.05) is 66.7 Å². The number of nitro groups is 1. The first-order chi connectivity index (χ1) is 16.0. The Hall–Kier alpha value is -3.96. The van der Waals surface area contributed by atoms with Gasteiger partial charge in [0.25, 0.3) is 0 Å². The average molecular weight is 436 g/mol. The molecule has 1 heterocycles. The van der Waals surface area contributed by atoms with E-state index < -0.39 is 0 Å². The Bertz CT molecular complexity index is 1470. The van der Waals surface area contributed by atoms with Crippen LogP contribution in [-0.4, -0.2) is 9.91 Å². The second kappa shape index (κ2) is 8.52. The summed E-state index contributed by atoms with van der Waals surface area (Å²) in [6, 6.07) is 25.9. The van der Waals surface area contributed by atoms with Crippen LogP contribution >= 0.6 is 0 Å². The van der Waals surface area contributed by atoms with Crippen molar-refractivity contribution in [2.75, 3.05) is 0 Å². The molecule has 1 aromatic heterocycles. The van der Waals surface area contributed by atoms with E-state index in [2.05, 4.69) is 48.4 Å². The number of para-hydroxylation sites is 1. The standard InChI is InChI=1S/C28H25N3O2/c1-18-9-8-10-19(2)24(18)17-29-16-21-15-23-22-13-6-7-14-25(22)30-27(23)28(31(32)33)26(21)20-11-4-3-5-12-20/h3-15,29-30H,16-17H2,1-2H3. The number of rotatable bonds is 6. The largest absolute Gasteiger partial charge is 0.349 e. The summed E-state index contributed by atoms with van der Waals surface area (Å²) in [6.07, 6.45) is 0. The van der Waals surface area contributed by atoms with Gasteiger partial charge in [-0.3, -0.25) is 10.1 Å². The molecule has 4 aromatic carbocycles. The summed E-state index contributed by atoms with van der Waals surface area (Å²) >= 11 is 0. The summed E-state index contributed by atoms with van der Waals surface area (Å²) in [6.45, 7) is 5.45. The van der Waals surface area contributed by atoms with Crippen LogP contribution < -0.4 is 5.32 Å². The second-order valence-electron chi connectivity index (χ2n) is 8.45. The van der Waals surface area contributed by atoms with Crippen molar-refractivity contribution in [1.82, 2.24) is 10.3 Å². The fourth-order valence-electron chi connectivity index (χ4n) is 4.72. The maximum Gasteiger partial charge on any atom is 0.301 e. The highest BCUT2D eigenvalue weighted by Crippen LogP contribution is 2.41. The Morgan fingerprint density at radius 2 is 1.55 bits per heavy atom. The highest BCUT2D eigenvalue weighted by Gasteiger charge is 2.26. The van der Waals surface area contributed by atoms with E-state index in [9.17, 15) is 10.1 Å². The monoisotopic (exact) mass is 435 g/mol. The van der Waals surface area contributed by atoms with Crippen LogP contribution in [0.4, 0.5) is 5.69 Å². The number of nitrogens with one attached hydrogen (secondary N) is 2. The second-order valence-corrected chi connectivity index (χ2v) is 8.45. The molecule has 5 heteroatoms. The molecule has 0 amide bonds. The van der Waals surface area contributed by atoms with Gasteiger partial charge in [-0.15, -0.1) is 0 Å². The van der Waals surface area contributed by atoms with Crippen LogP contribution in [0.15, 0.2) is 78.9 Å². The van der Waals surface area contributed by atoms with Crippen LogP contribution in [0.1, 0.15) is 22.3 Å². The van der Waals surface area contributed by atoms with Crippen molar-refractivity contribution in [3.05, 3.63) is 111 Å². The molecule has 0 aliphatic heterocycles. The molecule has 0 saturated heterocycles. The summed E-state index contributed by atoms with van der Waals surface area (Å²) in [7, 11) is 0. The lowest BCUT2D eigenvalue weighted by Crippen LogP contribution is -2.15. The maximum absolute atomic E-state index is 12.4. The number of hydrogen-bond donors (Lipinski definition) is 2. The van der Waals surface area contributed by atoms with Gasteiger partial charge in [0.1, 0.15) is 5.52 Å². The molecule has 0 radical (unpaired) electrons. The number of aryl methyl sites for hydroxylation is 2. The number of aromatic nitrogens is 1. The topological polar surface area (TPSA) is 71.0 Å². The SMILES string of the molecule is Cc1cccc(C)c1CNCc1cc2c([nH]c3ccccc32)c([N+](=O)[O-])c1-c1ccccc1. The maximum atomic E-state index is 12.4. The lowest BCUT2D eigenvalue weighted by atomic mass is 9.94. The quantitative estimate of drug-likeness (QED) is 0.227. The number of fused-ring (bicyclic) bond motifs is 3. The number of nitro benzene ring substituents is 1. The van der Waals surface area contributed by atoms with Gasteiger partial charge in [-0.2, -0.15) is 0 Å². The number of benzene rings is 4. The van der Waals surface area contributed by atoms with E-state index >= 15 is 0 Å². The third-order valence-electron chi connectivity index (χ3n) is 6.37. The van der Waals surface area contributed by atoms with Crippen molar-refractivity contribution >= 4 is 27.5 Å². The molecule has 5 aromatic rings. The van der Waals surface area contributed by atoms with Gasteiger partial charge < -0.3 is 10.3 Å². The van der Waals surface area contributed by atoms with Crippen LogP contribution in [0.2, 0.25) is 0 Å². The molecular formula is C28H25N3O2. The Kier molecular flexibility index (Phi) is 5.40. The van der Waals surface area contributed by atoms with Gasteiger partial charge in [0.15, 0.2) is 0 Å². The Morgan fingerprint density at radius 1 is 0.848 bits per heavy atom. The van der Waals surface area contributed by atoms with Gasteiger partial charge in [0, 0.05) is 29.4 Å². The molecule has 0 bridgehead atoms. The summed E-state index contributed by atoms with van der Waals surface area (Å²) in [5.41, 5.74) is 7.75. The zero-order valence-electron chi connectivity index (χ0n) is 18.7. The van der Waals surface area contributed by atoms with Crippen LogP contribution in [-0.2, 0) is 13.1 Å². The zero-order chi connectivity index (χ0) is 22.9. The molecule has 164 valence electrons. The minimum Gasteiger partial charge on any atom is -0.349 e. The summed E-state index contributed by atoms with van der Waals surface area (Å²) in [4.78, 5) is 15.4. The molecule has 0 atom stereocenters. The van der Waals surface area contributed by atoms with Gasteiger partial charge >= 0.3 is 5.69 Å². The molecule has 0 aliphatic carbocycles. The first-order valence-corrected chi connectivity index (χ1v) is 11.1. The highest BCUT2D eigenvalue weighted by molar-refractivity contribution is 6.13. The lowest BCUT2D eigenvalue weighted by molar-refractivity contribution is -0.382. The Labute approximate surface area is 192 Å². The molecule has 5 nitrogen and oxygen atoms in total. The van der Waals surface area contributed by atoms with Crippen molar-refractivity contribution in [3.63, 3.8) is 0 Å². The molecule has 0 spiro atoms. The van der Waals surface area contributed by atoms with E-state index in [-0.39, 0.29) is 10.6 Å². The van der Waals surface area contributed by atoms with Gasteiger partial charge in [-0.25, -0.2) is 0 Å². The zero-order valence-corrected chi connectivity index (χ0v) is 18.7. The van der Waals surface area contributed by atoms with E-state index in [1.54, 1.807) is 0 Å². The first-order valence-electron chi connectivity index (χ1n) is 11.1. The number of aromatic amines is 1. The summed E-state index contributed by atoms with van der Waals surface area (Å²) in [5, 5.41) is 17.8. The van der Waals surface area contributed by atoms with E-state index in [1.807, 2.05) is 54.6 Å². The molecule has 0 saturated carbocycles. The van der Waals surface area contributed by atoms with E-state index in [0.717, 1.165) is 27.4 Å². The minimum atomic E-state index is -0.255. The minimum absolute atomic E-state index is 0.124. The van der Waals surface area contributed by atoms with Gasteiger partial charge in [-0.05, 0) is 53.8 Å². The molecule has 5 rings (SSSR count). The smallest absolute Gasteiger partial charge is 0.301 e. The van der Waals surface area contributed by atoms with Crippen molar-refractivity contribution < 1.29 is 4.92 Å². The molecular weight excluding hydrogens is 410 g/mol. The molecule has 2 N–H and O–H groups in total. The number of H-pyrrole nitrogens is 1. The molecule has 33 heavy (non-hydrogen) atoms. The number of nitrogens with zero attached hydrogens (tertiary/aromatic N) is 1. The Balaban J connectivity index is 1.67. The predicted octanol–water partition coefficient (Wildman–Crippen LogP) is 6.80. The number of hydrogen-bond acceptors (Lipinski definition) is 3. The van der Waals surface area contributed by atoms with Crippen molar-refractivity contribution in [2.24, 2.45) is 0 Å². The fourth-order valence-corrected chi connectivity index (χ4v) is 4.72. The van der Waals surface area contributed by atoms with Crippen molar-refractivity contribution in [1.29, 1.82) is 0 Å². The Morgan fingerprint density at radius 3 is 2.27 bits per heavy atom. The average Bonchev–Trinajstić information content (AvgIpc) is 3.18. The van der Waals surface area contributed by atoms with E-state index in [4.69, 9.17) is 0 Å². The fraction of sp³-hybridized carbons (Fsp3) is 0.143. The normalized spacial score (nSPS) is 11.3. The van der Waals surface area contributed by atoms with Crippen LogP contribution in [0, 0.1) is 24.0 Å². The highest BCUT2D eigenvalue weighted by atomic mass is 16.6. The van der Waals surface area contributed by atoms with Crippen molar-refractivity contribution in [2.45, 2.75) is 26.9 Å². The van der Waals surface area contributed by atoms with Gasteiger partial charge in [0.05, 0.1) is 10.5 Å². The summed E-state index contributed by atoms with van der Waals surface area (Å²) in [5.74, 6) is 0. The predicted molar refractivity (Wildman–Crippen MR) is 134 cm³/mol. The first kappa shape index (κ1) is 20.9. The third-order valence-corrected chi connectivity index (χ3v) is 6.37. The van der Waals surface area contributed by atoms with Crippen LogP contribution in [0.5, 0.6) is 0 Å². The lowest BCUT2D eigenvalue weighted by Gasteiger charge is -2.15. The molecule has 0 aliphatic rings. The molecule has 0 fully saturated rings. The molecule has 0 unspecified atom stereocenters. The van der Waals surface area contributed by atoms with E-state index in [1.165, 1.54) is 16.7 Å². The third kappa shape index (κ3) is 3.77. The summed E-state index contributed by atoms with van der Waals surface area (Å²) < 4.78 is 0. The van der Waals surface area contributed by atoms with Gasteiger partial charge in [0.2, 0.25) is 0 Å². The van der Waals surface area contributed by atoms with E-state index in [0.29, 0.717) is 24.2 Å².